The van der Waals surface area contributed by atoms with Crippen molar-refractivity contribution in [3.05, 3.63) is 95.8 Å². The first-order valence-corrected chi connectivity index (χ1v) is 10.2. The Morgan fingerprint density at radius 3 is 2.63 bits per heavy atom. The molecule has 4 rings (SSSR count). The average molecular weight is 418 g/mol. The lowest BCUT2D eigenvalue weighted by Gasteiger charge is -2.13. The van der Waals surface area contributed by atoms with Crippen LogP contribution in [0.1, 0.15) is 24.2 Å². The molecule has 2 aromatic carbocycles. The van der Waals surface area contributed by atoms with Crippen molar-refractivity contribution in [3.63, 3.8) is 0 Å². The van der Waals surface area contributed by atoms with Crippen molar-refractivity contribution in [1.29, 1.82) is 0 Å². The highest BCUT2D eigenvalue weighted by Crippen LogP contribution is 2.24. The molecule has 2 aromatic heterocycles. The number of carbonyl (C=O) groups is 1. The largest absolute Gasteiger partial charge is 0.346 e. The summed E-state index contributed by atoms with van der Waals surface area (Å²) in [6.45, 7) is 1.94. The summed E-state index contributed by atoms with van der Waals surface area (Å²) in [7, 11) is 0. The second-order valence-electron chi connectivity index (χ2n) is 6.71. The number of nitrogens with one attached hydrogen (secondary N) is 1. The van der Waals surface area contributed by atoms with E-state index in [0.29, 0.717) is 5.69 Å². The van der Waals surface area contributed by atoms with Crippen LogP contribution in [0.4, 0.5) is 4.39 Å². The number of nitrogens with zero attached hydrogens (tertiary/aromatic N) is 3. The molecule has 1 unspecified atom stereocenters. The van der Waals surface area contributed by atoms with Crippen molar-refractivity contribution in [1.82, 2.24) is 19.9 Å². The van der Waals surface area contributed by atoms with Gasteiger partial charge >= 0.3 is 0 Å². The summed E-state index contributed by atoms with van der Waals surface area (Å²) in [4.78, 5) is 20.8. The first-order valence-electron chi connectivity index (χ1n) is 9.37. The number of halogens is 1. The van der Waals surface area contributed by atoms with E-state index >= 15 is 0 Å². The molecule has 5 nitrogen and oxygen atoms in total. The van der Waals surface area contributed by atoms with Gasteiger partial charge in [0.1, 0.15) is 10.8 Å². The Bertz CT molecular complexity index is 1150. The van der Waals surface area contributed by atoms with Crippen LogP contribution in [0.2, 0.25) is 0 Å². The molecule has 0 bridgehead atoms. The fraction of sp³-hybridized carbons (Fsp3) is 0.0870. The molecule has 4 aromatic rings. The van der Waals surface area contributed by atoms with Crippen LogP contribution in [0.5, 0.6) is 0 Å². The van der Waals surface area contributed by atoms with Crippen LogP contribution in [0.25, 0.3) is 22.3 Å². The van der Waals surface area contributed by atoms with Crippen LogP contribution in [0.15, 0.2) is 78.7 Å². The number of hydrogen-bond donors (Lipinski definition) is 1. The van der Waals surface area contributed by atoms with E-state index in [4.69, 9.17) is 0 Å². The third-order valence-electron chi connectivity index (χ3n) is 4.57. The van der Waals surface area contributed by atoms with Gasteiger partial charge in [0, 0.05) is 35.1 Å². The molecular weight excluding hydrogens is 399 g/mol. The lowest BCUT2D eigenvalue weighted by Crippen LogP contribution is -2.24. The molecule has 0 aliphatic carbocycles. The SMILES string of the molecule is CC(NC(=O)C=Cc1csc(-c2ccc(F)cc2)n1)c1ccc(-n2ccnc2)cc1. The zero-order valence-corrected chi connectivity index (χ0v) is 17.0. The number of imidazole rings is 1. The Balaban J connectivity index is 1.36. The molecule has 150 valence electrons. The zero-order valence-electron chi connectivity index (χ0n) is 16.2. The predicted octanol–water partition coefficient (Wildman–Crippen LogP) is 5.03. The summed E-state index contributed by atoms with van der Waals surface area (Å²) in [5.74, 6) is -0.477. The Morgan fingerprint density at radius 2 is 1.93 bits per heavy atom. The lowest BCUT2D eigenvalue weighted by atomic mass is 10.1. The molecular formula is C23H19FN4OS. The fourth-order valence-electron chi connectivity index (χ4n) is 2.94. The molecule has 0 saturated heterocycles. The Morgan fingerprint density at radius 1 is 1.17 bits per heavy atom. The first-order chi connectivity index (χ1) is 14.6. The molecule has 7 heteroatoms. The van der Waals surface area contributed by atoms with Crippen molar-refractivity contribution >= 4 is 23.3 Å². The predicted molar refractivity (Wildman–Crippen MR) is 117 cm³/mol. The average Bonchev–Trinajstić information content (AvgIpc) is 3.45. The quantitative estimate of drug-likeness (QED) is 0.447. The van der Waals surface area contributed by atoms with Gasteiger partial charge in [-0.05, 0) is 55.0 Å². The molecule has 0 radical (unpaired) electrons. The molecule has 0 saturated carbocycles. The third-order valence-corrected chi connectivity index (χ3v) is 5.48. The summed E-state index contributed by atoms with van der Waals surface area (Å²) in [5.41, 5.74) is 3.55. The molecule has 0 aliphatic heterocycles. The molecule has 0 fully saturated rings. The number of amides is 1. The normalized spacial score (nSPS) is 12.2. The highest BCUT2D eigenvalue weighted by molar-refractivity contribution is 7.13. The number of thiazole rings is 1. The smallest absolute Gasteiger partial charge is 0.244 e. The molecule has 1 N–H and O–H groups in total. The maximum absolute atomic E-state index is 13.1. The Hall–Kier alpha value is -3.58. The molecule has 2 heterocycles. The Kier molecular flexibility index (Phi) is 5.81. The highest BCUT2D eigenvalue weighted by atomic mass is 32.1. The molecule has 30 heavy (non-hydrogen) atoms. The van der Waals surface area contributed by atoms with E-state index in [9.17, 15) is 9.18 Å². The summed E-state index contributed by atoms with van der Waals surface area (Å²) < 4.78 is 15.0. The van der Waals surface area contributed by atoms with E-state index in [1.165, 1.54) is 29.5 Å². The van der Waals surface area contributed by atoms with Crippen LogP contribution in [-0.2, 0) is 4.79 Å². The number of aromatic nitrogens is 3. The van der Waals surface area contributed by atoms with Gasteiger partial charge in [-0.3, -0.25) is 4.79 Å². The van der Waals surface area contributed by atoms with Crippen LogP contribution >= 0.6 is 11.3 Å². The fourth-order valence-corrected chi connectivity index (χ4v) is 3.73. The second kappa shape index (κ2) is 8.84. The van der Waals surface area contributed by atoms with Gasteiger partial charge in [0.15, 0.2) is 0 Å². The van der Waals surface area contributed by atoms with Crippen molar-refractivity contribution in [3.8, 4) is 16.3 Å². The number of rotatable bonds is 6. The lowest BCUT2D eigenvalue weighted by molar-refractivity contribution is -0.117. The Labute approximate surface area is 177 Å². The number of hydrogen-bond acceptors (Lipinski definition) is 4. The number of benzene rings is 2. The molecule has 0 aliphatic rings. The van der Waals surface area contributed by atoms with Gasteiger partial charge in [-0.25, -0.2) is 14.4 Å². The van der Waals surface area contributed by atoms with Crippen molar-refractivity contribution in [2.45, 2.75) is 13.0 Å². The van der Waals surface area contributed by atoms with E-state index in [0.717, 1.165) is 21.8 Å². The van der Waals surface area contributed by atoms with Crippen LogP contribution in [0.3, 0.4) is 0 Å². The van der Waals surface area contributed by atoms with E-state index in [-0.39, 0.29) is 17.8 Å². The monoisotopic (exact) mass is 418 g/mol. The molecule has 1 atom stereocenters. The maximum Gasteiger partial charge on any atom is 0.244 e. The van der Waals surface area contributed by atoms with E-state index in [1.54, 1.807) is 30.7 Å². The second-order valence-corrected chi connectivity index (χ2v) is 7.57. The van der Waals surface area contributed by atoms with E-state index < -0.39 is 0 Å². The van der Waals surface area contributed by atoms with Gasteiger partial charge in [0.2, 0.25) is 5.91 Å². The maximum atomic E-state index is 13.1. The van der Waals surface area contributed by atoms with E-state index in [2.05, 4.69) is 15.3 Å². The van der Waals surface area contributed by atoms with Crippen LogP contribution < -0.4 is 5.32 Å². The van der Waals surface area contributed by atoms with Crippen LogP contribution in [0, 0.1) is 5.82 Å². The molecule has 1 amide bonds. The standard InChI is InChI=1S/C23H19FN4OS/c1-16(17-4-9-21(10-5-17)28-13-12-25-15-28)26-22(29)11-8-20-14-30-23(27-20)18-2-6-19(24)7-3-18/h2-16H,1H3,(H,26,29). The summed E-state index contributed by atoms with van der Waals surface area (Å²) in [6.07, 6.45) is 8.50. The van der Waals surface area contributed by atoms with E-state index in [1.807, 2.05) is 47.3 Å². The summed E-state index contributed by atoms with van der Waals surface area (Å²) in [6, 6.07) is 14.0. The zero-order chi connectivity index (χ0) is 20.9. The van der Waals surface area contributed by atoms with Gasteiger partial charge < -0.3 is 9.88 Å². The minimum absolute atomic E-state index is 0.135. The van der Waals surface area contributed by atoms with Gasteiger partial charge in [-0.2, -0.15) is 0 Å². The van der Waals surface area contributed by atoms with Gasteiger partial charge in [-0.1, -0.05) is 12.1 Å². The van der Waals surface area contributed by atoms with Gasteiger partial charge in [0.05, 0.1) is 18.1 Å². The molecule has 0 spiro atoms. The minimum atomic E-state index is -0.280. The van der Waals surface area contributed by atoms with Gasteiger partial charge in [-0.15, -0.1) is 11.3 Å². The first kappa shape index (κ1) is 19.7. The van der Waals surface area contributed by atoms with Crippen molar-refractivity contribution < 1.29 is 9.18 Å². The van der Waals surface area contributed by atoms with Crippen molar-refractivity contribution in [2.75, 3.05) is 0 Å². The summed E-state index contributed by atoms with van der Waals surface area (Å²) in [5, 5.41) is 5.60. The van der Waals surface area contributed by atoms with Gasteiger partial charge in [0.25, 0.3) is 0 Å². The van der Waals surface area contributed by atoms with Crippen LogP contribution in [-0.4, -0.2) is 20.4 Å². The summed E-state index contributed by atoms with van der Waals surface area (Å²) >= 11 is 1.45. The minimum Gasteiger partial charge on any atom is -0.346 e. The third kappa shape index (κ3) is 4.69. The highest BCUT2D eigenvalue weighted by Gasteiger charge is 2.09. The number of carbonyl (C=O) groups excluding carboxylic acids is 1. The topological polar surface area (TPSA) is 59.8 Å². The van der Waals surface area contributed by atoms with Crippen molar-refractivity contribution in [2.24, 2.45) is 0 Å².